The summed E-state index contributed by atoms with van der Waals surface area (Å²) in [5.41, 5.74) is 5.80. The van der Waals surface area contributed by atoms with Crippen LogP contribution in [0.3, 0.4) is 0 Å². The third-order valence-electron chi connectivity index (χ3n) is 4.52. The quantitative estimate of drug-likeness (QED) is 0.782. The second-order valence-electron chi connectivity index (χ2n) is 5.55. The van der Waals surface area contributed by atoms with E-state index in [1.165, 1.54) is 45.4 Å². The van der Waals surface area contributed by atoms with Gasteiger partial charge in [0.15, 0.2) is 0 Å². The Labute approximate surface area is 100.0 Å². The molecule has 94 valence electrons. The lowest BCUT2D eigenvalue weighted by Gasteiger charge is -2.38. The van der Waals surface area contributed by atoms with Crippen molar-refractivity contribution in [1.82, 2.24) is 9.80 Å². The van der Waals surface area contributed by atoms with E-state index in [1.807, 2.05) is 0 Å². The Kier molecular flexibility index (Phi) is 4.22. The maximum Gasteiger partial charge on any atom is 0.0122 e. The van der Waals surface area contributed by atoms with E-state index in [4.69, 9.17) is 5.73 Å². The number of rotatable bonds is 3. The molecule has 0 amide bonds. The zero-order chi connectivity index (χ0) is 11.5. The SMILES string of the molecule is CCN1CCC(N2CC(CN)CC2C)CC1. The van der Waals surface area contributed by atoms with Crippen LogP contribution in [0.15, 0.2) is 0 Å². The van der Waals surface area contributed by atoms with Crippen LogP contribution >= 0.6 is 0 Å². The molecule has 16 heavy (non-hydrogen) atoms. The van der Waals surface area contributed by atoms with Gasteiger partial charge in [0.05, 0.1) is 0 Å². The minimum absolute atomic E-state index is 0.749. The Morgan fingerprint density at radius 2 is 1.94 bits per heavy atom. The first kappa shape index (κ1) is 12.3. The van der Waals surface area contributed by atoms with Crippen LogP contribution in [0.2, 0.25) is 0 Å². The van der Waals surface area contributed by atoms with Crippen LogP contribution in [0.5, 0.6) is 0 Å². The molecule has 0 aromatic heterocycles. The Hall–Kier alpha value is -0.120. The van der Waals surface area contributed by atoms with Crippen LogP contribution in [-0.2, 0) is 0 Å². The van der Waals surface area contributed by atoms with Gasteiger partial charge in [0.2, 0.25) is 0 Å². The second-order valence-corrected chi connectivity index (χ2v) is 5.55. The summed E-state index contributed by atoms with van der Waals surface area (Å²) in [6.07, 6.45) is 4.02. The molecule has 3 heteroatoms. The number of hydrogen-bond acceptors (Lipinski definition) is 3. The summed E-state index contributed by atoms with van der Waals surface area (Å²) in [5, 5.41) is 0. The number of nitrogens with two attached hydrogens (primary N) is 1. The number of likely N-dealkylation sites (tertiary alicyclic amines) is 2. The highest BCUT2D eigenvalue weighted by atomic mass is 15.2. The van der Waals surface area contributed by atoms with Crippen molar-refractivity contribution >= 4 is 0 Å². The van der Waals surface area contributed by atoms with Gasteiger partial charge in [-0.15, -0.1) is 0 Å². The number of nitrogens with zero attached hydrogens (tertiary/aromatic N) is 2. The predicted molar refractivity (Wildman–Crippen MR) is 68.5 cm³/mol. The molecule has 2 saturated heterocycles. The first-order chi connectivity index (χ1) is 7.74. The third kappa shape index (κ3) is 2.58. The van der Waals surface area contributed by atoms with E-state index in [-0.39, 0.29) is 0 Å². The number of piperidine rings is 1. The Bertz CT molecular complexity index is 211. The lowest BCUT2D eigenvalue weighted by atomic mass is 10.0. The largest absolute Gasteiger partial charge is 0.330 e. The standard InChI is InChI=1S/C13H27N3/c1-3-15-6-4-13(5-7-15)16-10-12(9-14)8-11(16)2/h11-13H,3-10,14H2,1-2H3. The van der Waals surface area contributed by atoms with Crippen molar-refractivity contribution in [2.45, 2.75) is 45.2 Å². The zero-order valence-corrected chi connectivity index (χ0v) is 10.9. The molecular weight excluding hydrogens is 198 g/mol. The Morgan fingerprint density at radius 1 is 1.25 bits per heavy atom. The van der Waals surface area contributed by atoms with Crippen LogP contribution in [0.1, 0.15) is 33.1 Å². The van der Waals surface area contributed by atoms with Gasteiger partial charge in [-0.05, 0) is 58.3 Å². The Morgan fingerprint density at radius 3 is 2.44 bits per heavy atom. The van der Waals surface area contributed by atoms with Crippen LogP contribution in [0.25, 0.3) is 0 Å². The van der Waals surface area contributed by atoms with Crippen molar-refractivity contribution in [2.24, 2.45) is 11.7 Å². The maximum absolute atomic E-state index is 5.80. The topological polar surface area (TPSA) is 32.5 Å². The smallest absolute Gasteiger partial charge is 0.0122 e. The van der Waals surface area contributed by atoms with Gasteiger partial charge in [0.1, 0.15) is 0 Å². The van der Waals surface area contributed by atoms with Crippen molar-refractivity contribution in [3.05, 3.63) is 0 Å². The van der Waals surface area contributed by atoms with Gasteiger partial charge in [-0.25, -0.2) is 0 Å². The molecule has 2 rings (SSSR count). The summed E-state index contributed by atoms with van der Waals surface area (Å²) in [7, 11) is 0. The summed E-state index contributed by atoms with van der Waals surface area (Å²) < 4.78 is 0. The molecule has 2 unspecified atom stereocenters. The van der Waals surface area contributed by atoms with Crippen LogP contribution in [0, 0.1) is 5.92 Å². The molecule has 3 nitrogen and oxygen atoms in total. The van der Waals surface area contributed by atoms with Crippen LogP contribution in [-0.4, -0.2) is 54.6 Å². The van der Waals surface area contributed by atoms with Crippen molar-refractivity contribution in [3.63, 3.8) is 0 Å². The summed E-state index contributed by atoms with van der Waals surface area (Å²) in [6.45, 7) is 10.6. The highest BCUT2D eigenvalue weighted by molar-refractivity contribution is 4.89. The molecule has 0 spiro atoms. The first-order valence-electron chi connectivity index (χ1n) is 6.92. The second kappa shape index (κ2) is 5.48. The minimum Gasteiger partial charge on any atom is -0.330 e. The molecule has 0 saturated carbocycles. The summed E-state index contributed by atoms with van der Waals surface area (Å²) in [6, 6.07) is 1.58. The normalized spacial score (nSPS) is 34.7. The lowest BCUT2D eigenvalue weighted by molar-refractivity contribution is 0.105. The fraction of sp³-hybridized carbons (Fsp3) is 1.00. The molecular formula is C13H27N3. The van der Waals surface area contributed by atoms with Gasteiger partial charge in [-0.3, -0.25) is 4.90 Å². The van der Waals surface area contributed by atoms with E-state index in [0.717, 1.165) is 24.5 Å². The average molecular weight is 225 g/mol. The van der Waals surface area contributed by atoms with E-state index in [1.54, 1.807) is 0 Å². The van der Waals surface area contributed by atoms with Crippen molar-refractivity contribution < 1.29 is 0 Å². The molecule has 0 radical (unpaired) electrons. The van der Waals surface area contributed by atoms with E-state index in [2.05, 4.69) is 23.6 Å². The monoisotopic (exact) mass is 225 g/mol. The molecule has 2 heterocycles. The van der Waals surface area contributed by atoms with E-state index < -0.39 is 0 Å². The average Bonchev–Trinajstić information content (AvgIpc) is 2.71. The molecule has 2 N–H and O–H groups in total. The molecule has 0 bridgehead atoms. The fourth-order valence-corrected chi connectivity index (χ4v) is 3.42. The number of hydrogen-bond donors (Lipinski definition) is 1. The highest BCUT2D eigenvalue weighted by Gasteiger charge is 2.34. The highest BCUT2D eigenvalue weighted by Crippen LogP contribution is 2.28. The van der Waals surface area contributed by atoms with Gasteiger partial charge < -0.3 is 10.6 Å². The minimum atomic E-state index is 0.749. The first-order valence-corrected chi connectivity index (χ1v) is 6.92. The van der Waals surface area contributed by atoms with E-state index in [0.29, 0.717) is 0 Å². The maximum atomic E-state index is 5.80. The van der Waals surface area contributed by atoms with Gasteiger partial charge in [-0.1, -0.05) is 6.92 Å². The van der Waals surface area contributed by atoms with Gasteiger partial charge in [0, 0.05) is 18.6 Å². The Balaban J connectivity index is 1.84. The molecule has 0 aromatic rings. The van der Waals surface area contributed by atoms with E-state index in [9.17, 15) is 0 Å². The van der Waals surface area contributed by atoms with Gasteiger partial charge >= 0.3 is 0 Å². The van der Waals surface area contributed by atoms with Gasteiger partial charge in [-0.2, -0.15) is 0 Å². The van der Waals surface area contributed by atoms with Gasteiger partial charge in [0.25, 0.3) is 0 Å². The predicted octanol–water partition coefficient (Wildman–Crippen LogP) is 1.14. The fourth-order valence-electron chi connectivity index (χ4n) is 3.42. The van der Waals surface area contributed by atoms with Crippen molar-refractivity contribution in [2.75, 3.05) is 32.7 Å². The molecule has 2 aliphatic heterocycles. The zero-order valence-electron chi connectivity index (χ0n) is 10.9. The van der Waals surface area contributed by atoms with Crippen LogP contribution < -0.4 is 5.73 Å². The molecule has 2 fully saturated rings. The van der Waals surface area contributed by atoms with E-state index >= 15 is 0 Å². The van der Waals surface area contributed by atoms with Crippen molar-refractivity contribution in [1.29, 1.82) is 0 Å². The molecule has 2 aliphatic rings. The summed E-state index contributed by atoms with van der Waals surface area (Å²) in [5.74, 6) is 0.749. The molecule has 0 aliphatic carbocycles. The van der Waals surface area contributed by atoms with Crippen LogP contribution in [0.4, 0.5) is 0 Å². The molecule has 0 aromatic carbocycles. The summed E-state index contributed by atoms with van der Waals surface area (Å²) >= 11 is 0. The summed E-state index contributed by atoms with van der Waals surface area (Å²) in [4.78, 5) is 5.29. The third-order valence-corrected chi connectivity index (χ3v) is 4.52. The lowest BCUT2D eigenvalue weighted by Crippen LogP contribution is -2.46. The van der Waals surface area contributed by atoms with Crippen molar-refractivity contribution in [3.8, 4) is 0 Å². The molecule has 2 atom stereocenters.